The van der Waals surface area contributed by atoms with Crippen molar-refractivity contribution in [2.24, 2.45) is 4.99 Å². The van der Waals surface area contributed by atoms with Gasteiger partial charge < -0.3 is 4.74 Å². The number of hydrogen-bond acceptors (Lipinski definition) is 4. The summed E-state index contributed by atoms with van der Waals surface area (Å²) in [5, 5.41) is -0.139. The molecule has 1 heterocycles. The zero-order chi connectivity index (χ0) is 7.56. The summed E-state index contributed by atoms with van der Waals surface area (Å²) in [5.74, 6) is -0.205. The van der Waals surface area contributed by atoms with Gasteiger partial charge in [-0.05, 0) is 15.9 Å². The molecule has 3 nitrogen and oxygen atoms in total. The first kappa shape index (κ1) is 8.07. The molecule has 0 aromatic heterocycles. The molecule has 0 N–H and O–H groups in total. The molecule has 0 spiro atoms. The minimum atomic E-state index is -0.205. The molecule has 0 bridgehead atoms. The molecule has 1 atom stereocenters. The van der Waals surface area contributed by atoms with Crippen LogP contribution in [0, 0.1) is 0 Å². The number of esters is 1. The molecule has 0 saturated heterocycles. The maximum absolute atomic E-state index is 10.8. The van der Waals surface area contributed by atoms with E-state index in [2.05, 4.69) is 25.7 Å². The third-order valence-electron chi connectivity index (χ3n) is 1.09. The van der Waals surface area contributed by atoms with Gasteiger partial charge in [-0.3, -0.25) is 9.79 Å². The predicted octanol–water partition coefficient (Wildman–Crippen LogP) is 1.03. The maximum atomic E-state index is 10.8. The molecule has 0 aromatic carbocycles. The SMILES string of the molecule is COC(=O)C1CN=C(Br)S1. The third-order valence-corrected chi connectivity index (χ3v) is 2.85. The number of thioether (sulfide) groups is 1. The standard InChI is InChI=1S/C5H6BrNO2S/c1-9-4(8)3-2-7-5(6)10-3/h3H,2H2,1H3. The van der Waals surface area contributed by atoms with Crippen molar-refractivity contribution < 1.29 is 9.53 Å². The molecule has 1 unspecified atom stereocenters. The van der Waals surface area contributed by atoms with Crippen LogP contribution in [0.5, 0.6) is 0 Å². The highest BCUT2D eigenvalue weighted by molar-refractivity contribution is 9.22. The number of nitrogens with zero attached hydrogens (tertiary/aromatic N) is 1. The summed E-state index contributed by atoms with van der Waals surface area (Å²) in [6, 6.07) is 0. The van der Waals surface area contributed by atoms with Gasteiger partial charge in [0.05, 0.1) is 13.7 Å². The first-order chi connectivity index (χ1) is 4.74. The minimum absolute atomic E-state index is 0.139. The molecule has 0 saturated carbocycles. The highest BCUT2D eigenvalue weighted by Crippen LogP contribution is 2.24. The summed E-state index contributed by atoms with van der Waals surface area (Å²) in [6.07, 6.45) is 0. The van der Waals surface area contributed by atoms with Crippen molar-refractivity contribution >= 4 is 37.6 Å². The van der Waals surface area contributed by atoms with Crippen LogP contribution in [0.2, 0.25) is 0 Å². The van der Waals surface area contributed by atoms with Crippen LogP contribution in [-0.2, 0) is 9.53 Å². The van der Waals surface area contributed by atoms with Gasteiger partial charge in [0.1, 0.15) is 9.20 Å². The molecule has 0 fully saturated rings. The van der Waals surface area contributed by atoms with Gasteiger partial charge in [0.25, 0.3) is 0 Å². The van der Waals surface area contributed by atoms with Crippen LogP contribution >= 0.6 is 27.7 Å². The van der Waals surface area contributed by atoms with E-state index in [1.54, 1.807) is 0 Å². The number of aliphatic imine (C=N–C) groups is 1. The molecular weight excluding hydrogens is 218 g/mol. The lowest BCUT2D eigenvalue weighted by molar-refractivity contribution is -0.139. The number of carbonyl (C=O) groups is 1. The van der Waals surface area contributed by atoms with E-state index < -0.39 is 0 Å². The smallest absolute Gasteiger partial charge is 0.321 e. The van der Waals surface area contributed by atoms with Crippen molar-refractivity contribution in [3.63, 3.8) is 0 Å². The topological polar surface area (TPSA) is 38.7 Å². The molecule has 0 aliphatic carbocycles. The average molecular weight is 224 g/mol. The van der Waals surface area contributed by atoms with Crippen molar-refractivity contribution in [3.8, 4) is 0 Å². The summed E-state index contributed by atoms with van der Waals surface area (Å²) in [7, 11) is 1.38. The second-order valence-electron chi connectivity index (χ2n) is 1.72. The number of rotatable bonds is 1. The second-order valence-corrected chi connectivity index (χ2v) is 4.19. The van der Waals surface area contributed by atoms with Crippen LogP contribution in [0.1, 0.15) is 0 Å². The second kappa shape index (κ2) is 3.39. The third kappa shape index (κ3) is 1.73. The van der Waals surface area contributed by atoms with Gasteiger partial charge in [0, 0.05) is 0 Å². The number of hydrogen-bond donors (Lipinski definition) is 0. The summed E-state index contributed by atoms with van der Waals surface area (Å²) >= 11 is 4.57. The summed E-state index contributed by atoms with van der Waals surface area (Å²) < 4.78 is 5.31. The van der Waals surface area contributed by atoms with Crippen LogP contribution in [0.25, 0.3) is 0 Å². The van der Waals surface area contributed by atoms with Crippen molar-refractivity contribution in [2.45, 2.75) is 5.25 Å². The van der Waals surface area contributed by atoms with Crippen molar-refractivity contribution in [3.05, 3.63) is 0 Å². The van der Waals surface area contributed by atoms with Crippen LogP contribution in [0.4, 0.5) is 0 Å². The molecule has 1 aliphatic rings. The fourth-order valence-electron chi connectivity index (χ4n) is 0.601. The van der Waals surface area contributed by atoms with E-state index in [0.29, 0.717) is 6.54 Å². The van der Waals surface area contributed by atoms with E-state index in [1.165, 1.54) is 18.9 Å². The first-order valence-corrected chi connectivity index (χ1v) is 4.35. The summed E-state index contributed by atoms with van der Waals surface area (Å²) in [4.78, 5) is 14.8. The largest absolute Gasteiger partial charge is 0.468 e. The number of methoxy groups -OCH3 is 1. The molecule has 0 amide bonds. The molecule has 1 aliphatic heterocycles. The first-order valence-electron chi connectivity index (χ1n) is 2.68. The van der Waals surface area contributed by atoms with E-state index in [0.717, 1.165) is 3.95 Å². The Morgan fingerprint density at radius 3 is 3.10 bits per heavy atom. The predicted molar refractivity (Wildman–Crippen MR) is 44.6 cm³/mol. The van der Waals surface area contributed by atoms with Crippen LogP contribution in [-0.4, -0.2) is 28.8 Å². The number of halogens is 1. The van der Waals surface area contributed by atoms with E-state index in [9.17, 15) is 4.79 Å². The highest BCUT2D eigenvalue weighted by atomic mass is 79.9. The van der Waals surface area contributed by atoms with E-state index >= 15 is 0 Å². The maximum Gasteiger partial charge on any atom is 0.321 e. The molecule has 1 rings (SSSR count). The zero-order valence-corrected chi connectivity index (χ0v) is 7.74. The van der Waals surface area contributed by atoms with Gasteiger partial charge in [-0.25, -0.2) is 0 Å². The van der Waals surface area contributed by atoms with Gasteiger partial charge in [0.2, 0.25) is 0 Å². The lowest BCUT2D eigenvalue weighted by Gasteiger charge is -2.02. The fourth-order valence-corrected chi connectivity index (χ4v) is 2.15. The summed E-state index contributed by atoms with van der Waals surface area (Å²) in [5.41, 5.74) is 0. The Morgan fingerprint density at radius 1 is 2.00 bits per heavy atom. The van der Waals surface area contributed by atoms with Crippen LogP contribution < -0.4 is 0 Å². The van der Waals surface area contributed by atoms with E-state index in [1.807, 2.05) is 0 Å². The van der Waals surface area contributed by atoms with E-state index in [4.69, 9.17) is 0 Å². The van der Waals surface area contributed by atoms with Crippen molar-refractivity contribution in [2.75, 3.05) is 13.7 Å². The Hall–Kier alpha value is -0.0300. The van der Waals surface area contributed by atoms with Crippen LogP contribution in [0.15, 0.2) is 4.99 Å². The van der Waals surface area contributed by atoms with Gasteiger partial charge in [-0.2, -0.15) is 0 Å². The van der Waals surface area contributed by atoms with Crippen molar-refractivity contribution in [1.29, 1.82) is 0 Å². The number of ether oxygens (including phenoxy) is 1. The van der Waals surface area contributed by atoms with Gasteiger partial charge >= 0.3 is 5.97 Å². The Balaban J connectivity index is 2.42. The molecule has 0 aromatic rings. The molecule has 10 heavy (non-hydrogen) atoms. The molecule has 56 valence electrons. The van der Waals surface area contributed by atoms with Crippen LogP contribution in [0.3, 0.4) is 0 Å². The quantitative estimate of drug-likeness (QED) is 0.624. The monoisotopic (exact) mass is 223 g/mol. The Labute approximate surface area is 71.4 Å². The van der Waals surface area contributed by atoms with Gasteiger partial charge in [0.15, 0.2) is 0 Å². The Morgan fingerprint density at radius 2 is 2.70 bits per heavy atom. The summed E-state index contributed by atoms with van der Waals surface area (Å²) in [6.45, 7) is 0.526. The lowest BCUT2D eigenvalue weighted by Crippen LogP contribution is -2.18. The number of carbonyl (C=O) groups excluding carboxylic acids is 1. The van der Waals surface area contributed by atoms with Gasteiger partial charge in [-0.15, -0.1) is 0 Å². The lowest BCUT2D eigenvalue weighted by atomic mass is 10.4. The minimum Gasteiger partial charge on any atom is -0.468 e. The zero-order valence-electron chi connectivity index (χ0n) is 5.33. The highest BCUT2D eigenvalue weighted by Gasteiger charge is 2.25. The molecule has 5 heteroatoms. The molecule has 0 radical (unpaired) electrons. The van der Waals surface area contributed by atoms with Crippen molar-refractivity contribution in [1.82, 2.24) is 0 Å². The molecular formula is C5H6BrNO2S. The van der Waals surface area contributed by atoms with Gasteiger partial charge in [-0.1, -0.05) is 11.8 Å². The van der Waals surface area contributed by atoms with E-state index in [-0.39, 0.29) is 11.2 Å². The normalized spacial score (nSPS) is 24.2. The Kier molecular flexibility index (Phi) is 2.73. The Bertz CT molecular complexity index is 182. The fraction of sp³-hybridized carbons (Fsp3) is 0.600. The average Bonchev–Trinajstić information content (AvgIpc) is 2.34.